The number of carbonyl (C=O) groups excluding carboxylic acids is 1. The lowest BCUT2D eigenvalue weighted by molar-refractivity contribution is 0.0955. The van der Waals surface area contributed by atoms with Gasteiger partial charge in [-0.05, 0) is 19.1 Å². The fourth-order valence-corrected chi connectivity index (χ4v) is 2.23. The maximum Gasteiger partial charge on any atom is 0.280 e. The number of fused-ring (bicyclic) bond motifs is 1. The molecule has 1 amide bonds. The van der Waals surface area contributed by atoms with Crippen LogP contribution in [-0.2, 0) is 0 Å². The van der Waals surface area contributed by atoms with E-state index in [4.69, 9.17) is 4.74 Å². The summed E-state index contributed by atoms with van der Waals surface area (Å²) >= 11 is 1.39. The van der Waals surface area contributed by atoms with Crippen molar-refractivity contribution in [2.75, 3.05) is 13.7 Å². The standard InChI is InChI=1S/C11H12N2O2S/c1-3-12-10(14)11-13-8-6-7(15-2)4-5-9(8)16-11/h4-6H,3H2,1-2H3,(H,12,14). The molecule has 0 atom stereocenters. The molecule has 0 bridgehead atoms. The molecular weight excluding hydrogens is 224 g/mol. The Hall–Kier alpha value is -1.62. The SMILES string of the molecule is CCNC(=O)c1nc2cc(OC)ccc2s1. The molecule has 0 radical (unpaired) electrons. The zero-order chi connectivity index (χ0) is 11.5. The molecule has 2 rings (SSSR count). The molecule has 16 heavy (non-hydrogen) atoms. The van der Waals surface area contributed by atoms with Crippen LogP contribution in [0.1, 0.15) is 16.7 Å². The number of benzene rings is 1. The zero-order valence-electron chi connectivity index (χ0n) is 9.11. The van der Waals surface area contributed by atoms with Gasteiger partial charge in [0.25, 0.3) is 5.91 Å². The van der Waals surface area contributed by atoms with Gasteiger partial charge in [0.05, 0.1) is 17.3 Å². The van der Waals surface area contributed by atoms with E-state index in [0.717, 1.165) is 16.0 Å². The quantitative estimate of drug-likeness (QED) is 0.887. The van der Waals surface area contributed by atoms with Crippen molar-refractivity contribution in [3.05, 3.63) is 23.2 Å². The molecule has 84 valence electrons. The molecule has 1 aromatic carbocycles. The lowest BCUT2D eigenvalue weighted by Gasteiger charge is -1.96. The lowest BCUT2D eigenvalue weighted by atomic mass is 10.3. The number of nitrogens with zero attached hydrogens (tertiary/aromatic N) is 1. The number of thiazole rings is 1. The van der Waals surface area contributed by atoms with E-state index in [1.165, 1.54) is 11.3 Å². The first-order valence-corrected chi connectivity index (χ1v) is 5.79. The number of methoxy groups -OCH3 is 1. The molecule has 0 saturated carbocycles. The van der Waals surface area contributed by atoms with Crippen molar-refractivity contribution in [3.8, 4) is 5.75 Å². The maximum atomic E-state index is 11.6. The Morgan fingerprint density at radius 2 is 2.38 bits per heavy atom. The summed E-state index contributed by atoms with van der Waals surface area (Å²) in [6.45, 7) is 2.49. The van der Waals surface area contributed by atoms with Crippen LogP contribution in [0.2, 0.25) is 0 Å². The predicted molar refractivity (Wildman–Crippen MR) is 64.2 cm³/mol. The molecule has 4 nitrogen and oxygen atoms in total. The van der Waals surface area contributed by atoms with Gasteiger partial charge in [0.15, 0.2) is 5.01 Å². The number of hydrogen-bond donors (Lipinski definition) is 1. The van der Waals surface area contributed by atoms with Gasteiger partial charge in [-0.15, -0.1) is 11.3 Å². The zero-order valence-corrected chi connectivity index (χ0v) is 9.93. The van der Waals surface area contributed by atoms with E-state index in [9.17, 15) is 4.79 Å². The summed E-state index contributed by atoms with van der Waals surface area (Å²) in [6.07, 6.45) is 0. The summed E-state index contributed by atoms with van der Waals surface area (Å²) in [6, 6.07) is 5.60. The van der Waals surface area contributed by atoms with Crippen molar-refractivity contribution >= 4 is 27.5 Å². The van der Waals surface area contributed by atoms with E-state index in [-0.39, 0.29) is 5.91 Å². The number of carbonyl (C=O) groups is 1. The van der Waals surface area contributed by atoms with Gasteiger partial charge in [0, 0.05) is 12.6 Å². The molecule has 0 aliphatic heterocycles. The van der Waals surface area contributed by atoms with Crippen LogP contribution in [0.3, 0.4) is 0 Å². The van der Waals surface area contributed by atoms with Crippen LogP contribution in [0.25, 0.3) is 10.2 Å². The van der Waals surface area contributed by atoms with Crippen LogP contribution < -0.4 is 10.1 Å². The third-order valence-electron chi connectivity index (χ3n) is 2.13. The van der Waals surface area contributed by atoms with Crippen molar-refractivity contribution in [1.29, 1.82) is 0 Å². The minimum atomic E-state index is -0.123. The Labute approximate surface area is 97.3 Å². The Morgan fingerprint density at radius 3 is 3.06 bits per heavy atom. The average Bonchev–Trinajstić information content (AvgIpc) is 2.71. The summed E-state index contributed by atoms with van der Waals surface area (Å²) in [5, 5.41) is 3.22. The molecule has 1 aromatic heterocycles. The van der Waals surface area contributed by atoms with E-state index < -0.39 is 0 Å². The summed E-state index contributed by atoms with van der Waals surface area (Å²) in [5.74, 6) is 0.628. The van der Waals surface area contributed by atoms with Crippen molar-refractivity contribution < 1.29 is 9.53 Å². The predicted octanol–water partition coefficient (Wildman–Crippen LogP) is 2.05. The first-order chi connectivity index (χ1) is 7.74. The highest BCUT2D eigenvalue weighted by Crippen LogP contribution is 2.25. The maximum absolute atomic E-state index is 11.6. The van der Waals surface area contributed by atoms with Gasteiger partial charge in [0.2, 0.25) is 0 Å². The third-order valence-corrected chi connectivity index (χ3v) is 3.16. The van der Waals surface area contributed by atoms with Crippen molar-refractivity contribution in [2.45, 2.75) is 6.92 Å². The van der Waals surface area contributed by atoms with Crippen LogP contribution in [0, 0.1) is 0 Å². The van der Waals surface area contributed by atoms with E-state index in [2.05, 4.69) is 10.3 Å². The molecule has 1 heterocycles. The third kappa shape index (κ3) is 1.99. The monoisotopic (exact) mass is 236 g/mol. The average molecular weight is 236 g/mol. The van der Waals surface area contributed by atoms with Crippen LogP contribution in [0.5, 0.6) is 5.75 Å². The second kappa shape index (κ2) is 4.49. The molecule has 0 spiro atoms. The van der Waals surface area contributed by atoms with Gasteiger partial charge < -0.3 is 10.1 Å². The molecule has 0 fully saturated rings. The fourth-order valence-electron chi connectivity index (χ4n) is 1.37. The Kier molecular flexibility index (Phi) is 3.05. The molecule has 5 heteroatoms. The number of ether oxygens (including phenoxy) is 1. The van der Waals surface area contributed by atoms with Gasteiger partial charge in [-0.1, -0.05) is 0 Å². The second-order valence-corrected chi connectivity index (χ2v) is 4.24. The normalized spacial score (nSPS) is 10.4. The number of hydrogen-bond acceptors (Lipinski definition) is 4. The van der Waals surface area contributed by atoms with Gasteiger partial charge >= 0.3 is 0 Å². The van der Waals surface area contributed by atoms with E-state index in [0.29, 0.717) is 11.6 Å². The molecular formula is C11H12N2O2S. The minimum Gasteiger partial charge on any atom is -0.497 e. The largest absolute Gasteiger partial charge is 0.497 e. The summed E-state index contributed by atoms with van der Waals surface area (Å²) in [5.41, 5.74) is 0.797. The highest BCUT2D eigenvalue weighted by atomic mass is 32.1. The number of aromatic nitrogens is 1. The fraction of sp³-hybridized carbons (Fsp3) is 0.273. The summed E-state index contributed by atoms with van der Waals surface area (Å²) in [4.78, 5) is 15.8. The van der Waals surface area contributed by atoms with Gasteiger partial charge in [-0.2, -0.15) is 0 Å². The smallest absolute Gasteiger partial charge is 0.280 e. The van der Waals surface area contributed by atoms with Crippen molar-refractivity contribution in [2.24, 2.45) is 0 Å². The number of amides is 1. The molecule has 0 unspecified atom stereocenters. The second-order valence-electron chi connectivity index (χ2n) is 3.21. The molecule has 1 N–H and O–H groups in total. The van der Waals surface area contributed by atoms with Crippen molar-refractivity contribution in [1.82, 2.24) is 10.3 Å². The van der Waals surface area contributed by atoms with Gasteiger partial charge in [-0.25, -0.2) is 4.98 Å². The van der Waals surface area contributed by atoms with Gasteiger partial charge in [0.1, 0.15) is 5.75 Å². The Balaban J connectivity index is 2.39. The highest BCUT2D eigenvalue weighted by molar-refractivity contribution is 7.20. The molecule has 2 aromatic rings. The first-order valence-electron chi connectivity index (χ1n) is 4.97. The molecule has 0 saturated heterocycles. The number of nitrogens with one attached hydrogen (secondary N) is 1. The minimum absolute atomic E-state index is 0.123. The van der Waals surface area contributed by atoms with Crippen molar-refractivity contribution in [3.63, 3.8) is 0 Å². The van der Waals surface area contributed by atoms with Gasteiger partial charge in [-0.3, -0.25) is 4.79 Å². The van der Waals surface area contributed by atoms with Crippen LogP contribution in [0.15, 0.2) is 18.2 Å². The van der Waals surface area contributed by atoms with Crippen LogP contribution in [-0.4, -0.2) is 24.5 Å². The Morgan fingerprint density at radius 1 is 1.56 bits per heavy atom. The van der Waals surface area contributed by atoms with E-state index in [1.54, 1.807) is 7.11 Å². The van der Waals surface area contributed by atoms with E-state index in [1.807, 2.05) is 25.1 Å². The highest BCUT2D eigenvalue weighted by Gasteiger charge is 2.11. The first kappa shape index (κ1) is 10.9. The molecule has 0 aliphatic carbocycles. The number of rotatable bonds is 3. The van der Waals surface area contributed by atoms with Crippen LogP contribution in [0.4, 0.5) is 0 Å². The molecule has 0 aliphatic rings. The summed E-state index contributed by atoms with van der Waals surface area (Å²) < 4.78 is 6.09. The summed E-state index contributed by atoms with van der Waals surface area (Å²) in [7, 11) is 1.61. The van der Waals surface area contributed by atoms with Crippen LogP contribution >= 0.6 is 11.3 Å². The lowest BCUT2D eigenvalue weighted by Crippen LogP contribution is -2.22. The Bertz CT molecular complexity index is 522. The topological polar surface area (TPSA) is 51.2 Å². The van der Waals surface area contributed by atoms with E-state index >= 15 is 0 Å².